The summed E-state index contributed by atoms with van der Waals surface area (Å²) >= 11 is 0. The van der Waals surface area contributed by atoms with Crippen LogP contribution in [0.25, 0.3) is 0 Å². The molecule has 1 atom stereocenters. The highest BCUT2D eigenvalue weighted by atomic mass is 16.5. The second-order valence-corrected chi connectivity index (χ2v) is 8.49. The summed E-state index contributed by atoms with van der Waals surface area (Å²) in [5, 5.41) is 14.6. The lowest BCUT2D eigenvalue weighted by Crippen LogP contribution is -2.56. The van der Waals surface area contributed by atoms with Crippen molar-refractivity contribution in [2.24, 2.45) is 4.99 Å². The fourth-order valence-corrected chi connectivity index (χ4v) is 4.56. The first-order chi connectivity index (χ1) is 14.9. The molecule has 2 heterocycles. The Kier molecular flexibility index (Phi) is 6.01. The van der Waals surface area contributed by atoms with Crippen LogP contribution in [0.4, 0.5) is 0 Å². The zero-order chi connectivity index (χ0) is 22.0. The number of phenolic OH excluding ortho intramolecular Hbond substituents is 1. The highest BCUT2D eigenvalue weighted by Crippen LogP contribution is 2.40. The first kappa shape index (κ1) is 21.4. The van der Waals surface area contributed by atoms with Crippen molar-refractivity contribution in [2.75, 3.05) is 19.7 Å². The second-order valence-electron chi connectivity index (χ2n) is 8.49. The van der Waals surface area contributed by atoms with Gasteiger partial charge in [0.25, 0.3) is 0 Å². The van der Waals surface area contributed by atoms with Gasteiger partial charge in [0.1, 0.15) is 5.66 Å². The molecule has 1 unspecified atom stereocenters. The van der Waals surface area contributed by atoms with Gasteiger partial charge in [-0.05, 0) is 25.5 Å². The van der Waals surface area contributed by atoms with Crippen LogP contribution in [0.5, 0.6) is 11.5 Å². The fourth-order valence-electron chi connectivity index (χ4n) is 4.56. The van der Waals surface area contributed by atoms with E-state index in [0.717, 1.165) is 29.7 Å². The van der Waals surface area contributed by atoms with Gasteiger partial charge in [-0.3, -0.25) is 15.1 Å². The predicted molar refractivity (Wildman–Crippen MR) is 122 cm³/mol. The van der Waals surface area contributed by atoms with Crippen LogP contribution >= 0.6 is 0 Å². The number of aliphatic imine (C=N–C) groups is 1. The number of hydrogen-bond donors (Lipinski definition) is 2. The highest BCUT2D eigenvalue weighted by molar-refractivity contribution is 6.01. The summed E-state index contributed by atoms with van der Waals surface area (Å²) in [7, 11) is 0. The number of phenols is 1. The van der Waals surface area contributed by atoms with Gasteiger partial charge >= 0.3 is 0 Å². The number of likely N-dealkylation sites (tertiary alicyclic amines) is 1. The lowest BCUT2D eigenvalue weighted by atomic mass is 9.87. The SMILES string of the molecule is CCOc1cccc(C2CC(c3ccc(C)cc3)=NC3(CCN(C(C)=O)CC3)N2)c1O. The Morgan fingerprint density at radius 2 is 1.94 bits per heavy atom. The van der Waals surface area contributed by atoms with Gasteiger partial charge in [0.15, 0.2) is 11.5 Å². The zero-order valence-corrected chi connectivity index (χ0v) is 18.5. The summed E-state index contributed by atoms with van der Waals surface area (Å²) in [6, 6.07) is 14.0. The number of piperidine rings is 1. The van der Waals surface area contributed by atoms with Gasteiger partial charge in [0.2, 0.25) is 5.91 Å². The molecule has 2 aliphatic heterocycles. The molecule has 164 valence electrons. The van der Waals surface area contributed by atoms with Gasteiger partial charge in [-0.25, -0.2) is 0 Å². The molecule has 2 aromatic carbocycles. The topological polar surface area (TPSA) is 74.2 Å². The Morgan fingerprint density at radius 1 is 1.23 bits per heavy atom. The highest BCUT2D eigenvalue weighted by Gasteiger charge is 2.41. The Labute approximate surface area is 183 Å². The summed E-state index contributed by atoms with van der Waals surface area (Å²) < 4.78 is 5.62. The molecular weight excluding hydrogens is 390 g/mol. The second kappa shape index (κ2) is 8.71. The molecule has 0 bridgehead atoms. The van der Waals surface area contributed by atoms with Crippen molar-refractivity contribution in [2.45, 2.75) is 51.7 Å². The Morgan fingerprint density at radius 3 is 2.58 bits per heavy atom. The minimum absolute atomic E-state index is 0.0990. The molecule has 0 radical (unpaired) electrons. The largest absolute Gasteiger partial charge is 0.504 e. The van der Waals surface area contributed by atoms with Gasteiger partial charge in [0.05, 0.1) is 6.61 Å². The van der Waals surface area contributed by atoms with Crippen LogP contribution < -0.4 is 10.1 Å². The molecule has 1 spiro atoms. The number of nitrogens with zero attached hydrogens (tertiary/aromatic N) is 2. The number of para-hydroxylation sites is 1. The maximum absolute atomic E-state index is 11.8. The molecule has 2 N–H and O–H groups in total. The molecule has 1 fully saturated rings. The van der Waals surface area contributed by atoms with Crippen molar-refractivity contribution < 1.29 is 14.6 Å². The Balaban J connectivity index is 1.71. The number of nitrogens with one attached hydrogen (secondary N) is 1. The summed E-state index contributed by atoms with van der Waals surface area (Å²) in [6.07, 6.45) is 2.15. The number of aryl methyl sites for hydroxylation is 1. The van der Waals surface area contributed by atoms with Crippen molar-refractivity contribution in [3.63, 3.8) is 0 Å². The molecule has 1 amide bonds. The van der Waals surface area contributed by atoms with E-state index >= 15 is 0 Å². The summed E-state index contributed by atoms with van der Waals surface area (Å²) in [6.45, 7) is 7.44. The zero-order valence-electron chi connectivity index (χ0n) is 18.5. The maximum atomic E-state index is 11.8. The molecule has 2 aromatic rings. The molecule has 4 rings (SSSR count). The average molecular weight is 422 g/mol. The van der Waals surface area contributed by atoms with E-state index < -0.39 is 5.66 Å². The van der Waals surface area contributed by atoms with Gasteiger partial charge in [0, 0.05) is 56.6 Å². The first-order valence-corrected chi connectivity index (χ1v) is 11.0. The van der Waals surface area contributed by atoms with E-state index in [4.69, 9.17) is 9.73 Å². The Bertz CT molecular complexity index is 976. The van der Waals surface area contributed by atoms with Crippen molar-refractivity contribution >= 4 is 11.6 Å². The smallest absolute Gasteiger partial charge is 0.219 e. The Hall–Kier alpha value is -2.86. The molecule has 2 aliphatic rings. The third kappa shape index (κ3) is 4.44. The van der Waals surface area contributed by atoms with E-state index in [9.17, 15) is 9.90 Å². The van der Waals surface area contributed by atoms with E-state index in [2.05, 4.69) is 36.5 Å². The van der Waals surface area contributed by atoms with Crippen LogP contribution in [0.2, 0.25) is 0 Å². The van der Waals surface area contributed by atoms with Crippen LogP contribution in [0.1, 0.15) is 55.8 Å². The molecule has 1 saturated heterocycles. The van der Waals surface area contributed by atoms with E-state index in [-0.39, 0.29) is 17.7 Å². The van der Waals surface area contributed by atoms with E-state index in [1.54, 1.807) is 13.0 Å². The summed E-state index contributed by atoms with van der Waals surface area (Å²) in [5.41, 5.74) is 3.70. The number of hydrogen-bond acceptors (Lipinski definition) is 5. The van der Waals surface area contributed by atoms with E-state index in [1.165, 1.54) is 5.56 Å². The monoisotopic (exact) mass is 421 g/mol. The number of carbonyl (C=O) groups is 1. The molecule has 31 heavy (non-hydrogen) atoms. The van der Waals surface area contributed by atoms with Gasteiger partial charge in [-0.15, -0.1) is 0 Å². The third-order valence-corrected chi connectivity index (χ3v) is 6.32. The van der Waals surface area contributed by atoms with Crippen molar-refractivity contribution in [3.8, 4) is 11.5 Å². The van der Waals surface area contributed by atoms with Crippen molar-refractivity contribution in [1.82, 2.24) is 10.2 Å². The number of rotatable bonds is 4. The third-order valence-electron chi connectivity index (χ3n) is 6.32. The number of aromatic hydroxyl groups is 1. The van der Waals surface area contributed by atoms with Crippen molar-refractivity contribution in [3.05, 3.63) is 59.2 Å². The summed E-state index contributed by atoms with van der Waals surface area (Å²) in [5.74, 6) is 0.789. The quantitative estimate of drug-likeness (QED) is 0.784. The molecule has 0 aromatic heterocycles. The number of ether oxygens (including phenoxy) is 1. The minimum Gasteiger partial charge on any atom is -0.504 e. The lowest BCUT2D eigenvalue weighted by Gasteiger charge is -2.45. The summed E-state index contributed by atoms with van der Waals surface area (Å²) in [4.78, 5) is 18.9. The molecule has 6 nitrogen and oxygen atoms in total. The minimum atomic E-state index is -0.455. The number of carbonyl (C=O) groups excluding carboxylic acids is 1. The van der Waals surface area contributed by atoms with Crippen LogP contribution in [0.15, 0.2) is 47.5 Å². The van der Waals surface area contributed by atoms with Gasteiger partial charge in [-0.1, -0.05) is 42.0 Å². The standard InChI is InChI=1S/C25H31N3O3/c1-4-31-23-7-5-6-20(24(23)30)22-16-21(19-10-8-17(2)9-11-19)26-25(27-22)12-14-28(15-13-25)18(3)29/h5-11,22,27,30H,4,12-16H2,1-3H3. The number of benzene rings is 2. The van der Waals surface area contributed by atoms with E-state index in [1.807, 2.05) is 24.0 Å². The molecule has 0 saturated carbocycles. The van der Waals surface area contributed by atoms with Crippen LogP contribution in [-0.2, 0) is 4.79 Å². The predicted octanol–water partition coefficient (Wildman–Crippen LogP) is 3.96. The number of amides is 1. The van der Waals surface area contributed by atoms with Crippen molar-refractivity contribution in [1.29, 1.82) is 0 Å². The van der Waals surface area contributed by atoms with Crippen LogP contribution in [0.3, 0.4) is 0 Å². The normalized spacial score (nSPS) is 20.4. The van der Waals surface area contributed by atoms with Crippen LogP contribution in [0, 0.1) is 6.92 Å². The van der Waals surface area contributed by atoms with Gasteiger partial charge in [-0.2, -0.15) is 0 Å². The molecule has 0 aliphatic carbocycles. The fraction of sp³-hybridized carbons (Fsp3) is 0.440. The van der Waals surface area contributed by atoms with Crippen LogP contribution in [-0.4, -0.2) is 47.0 Å². The molecular formula is C25H31N3O3. The van der Waals surface area contributed by atoms with Gasteiger partial charge < -0.3 is 14.7 Å². The average Bonchev–Trinajstić information content (AvgIpc) is 2.76. The molecule has 6 heteroatoms. The van der Waals surface area contributed by atoms with E-state index in [0.29, 0.717) is 31.9 Å². The maximum Gasteiger partial charge on any atom is 0.219 e. The first-order valence-electron chi connectivity index (χ1n) is 11.0. The lowest BCUT2D eigenvalue weighted by molar-refractivity contribution is -0.130.